The number of nitrogens with zero attached hydrogens (tertiary/aromatic N) is 3. The van der Waals surface area contributed by atoms with Crippen molar-refractivity contribution in [3.05, 3.63) is 111 Å². The van der Waals surface area contributed by atoms with Gasteiger partial charge in [-0.25, -0.2) is 0 Å². The van der Waals surface area contributed by atoms with E-state index in [1.54, 1.807) is 36.9 Å². The molecule has 0 radical (unpaired) electrons. The lowest BCUT2D eigenvalue weighted by molar-refractivity contribution is -0.386. The van der Waals surface area contributed by atoms with Gasteiger partial charge in [0.05, 0.1) is 24.3 Å². The topological polar surface area (TPSA) is 112 Å². The predicted octanol–water partition coefficient (Wildman–Crippen LogP) is 5.02. The number of hydrogen-bond acceptors (Lipinski definition) is 6. The van der Waals surface area contributed by atoms with E-state index in [1.807, 2.05) is 48.5 Å². The van der Waals surface area contributed by atoms with Crippen LogP contribution in [0.1, 0.15) is 38.6 Å². The normalized spacial score (nSPS) is 10.9. The number of anilines is 1. The number of nitro groups is 1. The first-order valence-electron chi connectivity index (χ1n) is 10.7. The monoisotopic (exact) mass is 460 g/mol. The highest BCUT2D eigenvalue weighted by molar-refractivity contribution is 6.04. The van der Waals surface area contributed by atoms with Crippen molar-refractivity contribution in [2.45, 2.75) is 33.6 Å². The van der Waals surface area contributed by atoms with Gasteiger partial charge in [-0.05, 0) is 61.4 Å². The molecule has 0 bridgehead atoms. The minimum absolute atomic E-state index is 0.0320. The van der Waals surface area contributed by atoms with E-state index in [1.165, 1.54) is 0 Å². The fraction of sp³-hybridized carbons (Fsp3) is 0.200. The van der Waals surface area contributed by atoms with Crippen LogP contribution in [-0.4, -0.2) is 20.6 Å². The largest absolute Gasteiger partial charge is 0.467 e. The summed E-state index contributed by atoms with van der Waals surface area (Å²) in [6, 6.07) is 18.2. The highest BCUT2D eigenvalue weighted by atomic mass is 16.6. The first kappa shape index (κ1) is 22.9. The second-order valence-electron chi connectivity index (χ2n) is 7.86. The van der Waals surface area contributed by atoms with Gasteiger partial charge in [0.1, 0.15) is 23.8 Å². The van der Waals surface area contributed by atoms with Crippen molar-refractivity contribution in [1.29, 1.82) is 0 Å². The van der Waals surface area contributed by atoms with Gasteiger partial charge in [-0.3, -0.25) is 19.6 Å². The number of furan rings is 1. The lowest BCUT2D eigenvalue weighted by Crippen LogP contribution is -2.12. The quantitative estimate of drug-likeness (QED) is 0.277. The molecule has 0 spiro atoms. The van der Waals surface area contributed by atoms with Crippen molar-refractivity contribution in [3.63, 3.8) is 0 Å². The number of carbonyl (C=O) groups is 1. The summed E-state index contributed by atoms with van der Waals surface area (Å²) < 4.78 is 12.5. The molecule has 0 saturated heterocycles. The summed E-state index contributed by atoms with van der Waals surface area (Å²) in [5.74, 6) is 0.519. The van der Waals surface area contributed by atoms with Crippen LogP contribution < -0.4 is 5.32 Å². The van der Waals surface area contributed by atoms with E-state index in [0.29, 0.717) is 42.4 Å². The van der Waals surface area contributed by atoms with Crippen molar-refractivity contribution >= 4 is 17.3 Å². The number of carbonyl (C=O) groups excluding carboxylic acids is 1. The highest BCUT2D eigenvalue weighted by Crippen LogP contribution is 2.23. The molecule has 0 saturated carbocycles. The maximum atomic E-state index is 12.7. The molecule has 4 rings (SSSR count). The molecule has 4 aromatic rings. The maximum Gasteiger partial charge on any atom is 0.312 e. The molecule has 174 valence electrons. The van der Waals surface area contributed by atoms with E-state index in [2.05, 4.69) is 10.4 Å². The Kier molecular flexibility index (Phi) is 6.84. The molecular weight excluding hydrogens is 436 g/mol. The van der Waals surface area contributed by atoms with Crippen LogP contribution in [0, 0.1) is 24.0 Å². The third-order valence-electron chi connectivity index (χ3n) is 5.35. The molecule has 1 amide bonds. The minimum Gasteiger partial charge on any atom is -0.467 e. The smallest absolute Gasteiger partial charge is 0.312 e. The summed E-state index contributed by atoms with van der Waals surface area (Å²) in [6.07, 6.45) is 1.60. The average molecular weight is 460 g/mol. The van der Waals surface area contributed by atoms with E-state index < -0.39 is 4.92 Å². The number of hydrogen-bond donors (Lipinski definition) is 1. The van der Waals surface area contributed by atoms with E-state index in [4.69, 9.17) is 9.15 Å². The zero-order valence-electron chi connectivity index (χ0n) is 18.9. The third-order valence-corrected chi connectivity index (χ3v) is 5.35. The van der Waals surface area contributed by atoms with E-state index in [9.17, 15) is 14.9 Å². The van der Waals surface area contributed by atoms with Crippen LogP contribution in [0.15, 0.2) is 71.3 Å². The van der Waals surface area contributed by atoms with Crippen molar-refractivity contribution in [2.24, 2.45) is 0 Å². The Morgan fingerprint density at radius 2 is 1.88 bits per heavy atom. The zero-order chi connectivity index (χ0) is 24.1. The van der Waals surface area contributed by atoms with E-state index >= 15 is 0 Å². The van der Waals surface area contributed by atoms with Gasteiger partial charge in [0, 0.05) is 11.3 Å². The molecule has 0 atom stereocenters. The second kappa shape index (κ2) is 10.1. The van der Waals surface area contributed by atoms with Crippen LogP contribution in [-0.2, 0) is 24.5 Å². The van der Waals surface area contributed by atoms with Gasteiger partial charge in [0.25, 0.3) is 5.91 Å². The predicted molar refractivity (Wildman–Crippen MR) is 125 cm³/mol. The number of nitrogens with one attached hydrogen (secondary N) is 1. The van der Waals surface area contributed by atoms with Gasteiger partial charge in [-0.15, -0.1) is 0 Å². The Hall–Kier alpha value is -4.24. The summed E-state index contributed by atoms with van der Waals surface area (Å²) in [7, 11) is 0. The fourth-order valence-electron chi connectivity index (χ4n) is 3.65. The van der Waals surface area contributed by atoms with Gasteiger partial charge in [-0.1, -0.05) is 24.3 Å². The van der Waals surface area contributed by atoms with Gasteiger partial charge < -0.3 is 14.5 Å². The van der Waals surface area contributed by atoms with E-state index in [-0.39, 0.29) is 11.6 Å². The highest BCUT2D eigenvalue weighted by Gasteiger charge is 2.21. The zero-order valence-corrected chi connectivity index (χ0v) is 18.9. The van der Waals surface area contributed by atoms with Gasteiger partial charge in [0.2, 0.25) is 0 Å². The standard InChI is InChI=1S/C25H24N4O5/c1-17-24(29(31)32)18(2)28(27-17)14-19-8-10-21(11-9-19)25(30)26-22-6-3-5-20(13-22)15-33-16-23-7-4-12-34-23/h3-13H,14-16H2,1-2H3,(H,26,30). The van der Waals surface area contributed by atoms with Crippen molar-refractivity contribution in [3.8, 4) is 0 Å². The molecule has 0 unspecified atom stereocenters. The fourth-order valence-corrected chi connectivity index (χ4v) is 3.65. The molecule has 1 N–H and O–H groups in total. The number of benzene rings is 2. The van der Waals surface area contributed by atoms with Crippen LogP contribution in [0.3, 0.4) is 0 Å². The summed E-state index contributed by atoms with van der Waals surface area (Å²) >= 11 is 0. The Labute approximate surface area is 196 Å². The Bertz CT molecular complexity index is 1290. The average Bonchev–Trinajstić information content (AvgIpc) is 3.42. The lowest BCUT2D eigenvalue weighted by Gasteiger charge is -2.09. The van der Waals surface area contributed by atoms with Crippen LogP contribution in [0.4, 0.5) is 11.4 Å². The molecule has 0 aliphatic carbocycles. The molecule has 9 heteroatoms. The van der Waals surface area contributed by atoms with E-state index in [0.717, 1.165) is 16.9 Å². The van der Waals surface area contributed by atoms with Crippen molar-refractivity contribution < 1.29 is 18.9 Å². The minimum atomic E-state index is -0.415. The van der Waals surface area contributed by atoms with Gasteiger partial charge >= 0.3 is 5.69 Å². The lowest BCUT2D eigenvalue weighted by atomic mass is 10.1. The second-order valence-corrected chi connectivity index (χ2v) is 7.86. The Balaban J connectivity index is 1.36. The molecule has 9 nitrogen and oxygen atoms in total. The summed E-state index contributed by atoms with van der Waals surface area (Å²) in [4.78, 5) is 23.5. The number of rotatable bonds is 9. The molecule has 2 heterocycles. The Morgan fingerprint density at radius 3 is 2.56 bits per heavy atom. The number of ether oxygens (including phenoxy) is 1. The first-order chi connectivity index (χ1) is 16.4. The van der Waals surface area contributed by atoms with Crippen LogP contribution in [0.2, 0.25) is 0 Å². The molecule has 0 aliphatic heterocycles. The molecule has 2 aromatic carbocycles. The SMILES string of the molecule is Cc1nn(Cc2ccc(C(=O)Nc3cccc(COCc4ccco4)c3)cc2)c(C)c1[N+](=O)[O-]. The van der Waals surface area contributed by atoms with Crippen molar-refractivity contribution in [1.82, 2.24) is 9.78 Å². The Morgan fingerprint density at radius 1 is 1.09 bits per heavy atom. The number of aromatic nitrogens is 2. The third kappa shape index (κ3) is 5.38. The maximum absolute atomic E-state index is 12.7. The van der Waals surface area contributed by atoms with Gasteiger partial charge in [0.15, 0.2) is 0 Å². The van der Waals surface area contributed by atoms with Crippen LogP contribution in [0.5, 0.6) is 0 Å². The number of amides is 1. The first-order valence-corrected chi connectivity index (χ1v) is 10.7. The molecule has 34 heavy (non-hydrogen) atoms. The summed E-state index contributed by atoms with van der Waals surface area (Å²) in [5, 5.41) is 18.4. The molecular formula is C25H24N4O5. The van der Waals surface area contributed by atoms with Gasteiger partial charge in [-0.2, -0.15) is 5.10 Å². The molecule has 0 fully saturated rings. The summed E-state index contributed by atoms with van der Waals surface area (Å²) in [6.45, 7) is 4.44. The summed E-state index contributed by atoms with van der Waals surface area (Å²) in [5.41, 5.74) is 3.89. The molecule has 0 aliphatic rings. The van der Waals surface area contributed by atoms with Crippen LogP contribution >= 0.6 is 0 Å². The number of aryl methyl sites for hydroxylation is 1. The van der Waals surface area contributed by atoms with Crippen LogP contribution in [0.25, 0.3) is 0 Å². The van der Waals surface area contributed by atoms with Crippen molar-refractivity contribution in [2.75, 3.05) is 5.32 Å². The molecule has 2 aromatic heterocycles.